The van der Waals surface area contributed by atoms with E-state index in [0.717, 1.165) is 5.56 Å². The van der Waals surface area contributed by atoms with Gasteiger partial charge in [-0.15, -0.1) is 0 Å². The van der Waals surface area contributed by atoms with E-state index in [9.17, 15) is 19.6 Å². The lowest BCUT2D eigenvalue weighted by molar-refractivity contribution is -0.0584. The molecule has 0 spiro atoms. The van der Waals surface area contributed by atoms with E-state index >= 15 is 0 Å². The summed E-state index contributed by atoms with van der Waals surface area (Å²) in [5.41, 5.74) is 0.877. The van der Waals surface area contributed by atoms with E-state index < -0.39 is 17.4 Å². The first kappa shape index (κ1) is 25.4. The predicted molar refractivity (Wildman–Crippen MR) is 139 cm³/mol. The third-order valence-corrected chi connectivity index (χ3v) is 6.26. The average Bonchev–Trinajstić information content (AvgIpc) is 2.89. The summed E-state index contributed by atoms with van der Waals surface area (Å²) in [6.45, 7) is 0.130. The highest BCUT2D eigenvalue weighted by molar-refractivity contribution is 7.98. The minimum absolute atomic E-state index is 0.124. The SMILES string of the molecule is CSc1ncc2cc(C(=O)Nc3cc(C(=O)N(O)CCCc4ccccc4)ccc3Cl)c(=O)[nH]c2n1. The Kier molecular flexibility index (Phi) is 7.99. The second-order valence-corrected chi connectivity index (χ2v) is 9.02. The van der Waals surface area contributed by atoms with Crippen LogP contribution in [0.15, 0.2) is 70.7 Å². The monoisotopic (exact) mass is 523 g/mol. The van der Waals surface area contributed by atoms with Crippen LogP contribution in [0.2, 0.25) is 5.02 Å². The van der Waals surface area contributed by atoms with Crippen LogP contribution >= 0.6 is 23.4 Å². The Morgan fingerprint density at radius 3 is 2.69 bits per heavy atom. The summed E-state index contributed by atoms with van der Waals surface area (Å²) < 4.78 is 0. The number of carbonyl (C=O) groups excluding carboxylic acids is 2. The molecule has 0 radical (unpaired) electrons. The van der Waals surface area contributed by atoms with E-state index in [-0.39, 0.29) is 28.4 Å². The van der Waals surface area contributed by atoms with Gasteiger partial charge in [-0.1, -0.05) is 53.7 Å². The lowest BCUT2D eigenvalue weighted by Crippen LogP contribution is -2.29. The van der Waals surface area contributed by atoms with E-state index in [1.807, 2.05) is 36.6 Å². The molecule has 11 heteroatoms. The summed E-state index contributed by atoms with van der Waals surface area (Å²) >= 11 is 7.55. The van der Waals surface area contributed by atoms with Gasteiger partial charge in [0.1, 0.15) is 11.2 Å². The molecule has 2 amide bonds. The zero-order chi connectivity index (χ0) is 25.7. The molecule has 0 fully saturated rings. The first-order valence-corrected chi connectivity index (χ1v) is 12.6. The standard InChI is InChI=1S/C25H22ClN5O4S/c1-36-25-27-14-17-12-18(23(33)29-21(17)30-25)22(32)28-20-13-16(9-10-19(20)26)24(34)31(35)11-5-8-15-6-3-2-4-7-15/h2-4,6-7,9-10,12-14,35H,5,8,11H2,1H3,(H,28,32)(H,27,29,30,33). The predicted octanol–water partition coefficient (Wildman–Crippen LogP) is 4.41. The maximum Gasteiger partial charge on any atom is 0.277 e. The number of halogens is 1. The number of fused-ring (bicyclic) bond motifs is 1. The third kappa shape index (κ3) is 5.91. The molecule has 9 nitrogen and oxygen atoms in total. The number of nitrogens with zero attached hydrogens (tertiary/aromatic N) is 3. The number of hydrogen-bond donors (Lipinski definition) is 3. The van der Waals surface area contributed by atoms with E-state index in [4.69, 9.17) is 11.6 Å². The molecule has 0 bridgehead atoms. The first-order valence-electron chi connectivity index (χ1n) is 11.0. The largest absolute Gasteiger partial charge is 0.320 e. The first-order chi connectivity index (χ1) is 17.4. The highest BCUT2D eigenvalue weighted by Crippen LogP contribution is 2.24. The van der Waals surface area contributed by atoms with Crippen molar-refractivity contribution in [3.63, 3.8) is 0 Å². The van der Waals surface area contributed by atoms with Crippen molar-refractivity contribution in [3.8, 4) is 0 Å². The van der Waals surface area contributed by atoms with Crippen LogP contribution in [0.25, 0.3) is 11.0 Å². The molecule has 0 aliphatic carbocycles. The normalized spacial score (nSPS) is 10.9. The van der Waals surface area contributed by atoms with Crippen LogP contribution in [0.4, 0.5) is 5.69 Å². The second kappa shape index (κ2) is 11.3. The molecule has 3 N–H and O–H groups in total. The number of hydroxylamine groups is 2. The number of aryl methyl sites for hydroxylation is 1. The smallest absolute Gasteiger partial charge is 0.277 e. The van der Waals surface area contributed by atoms with Crippen molar-refractivity contribution in [1.29, 1.82) is 0 Å². The molecule has 184 valence electrons. The molecule has 4 rings (SSSR count). The number of nitrogens with one attached hydrogen (secondary N) is 2. The molecule has 36 heavy (non-hydrogen) atoms. The van der Waals surface area contributed by atoms with Crippen molar-refractivity contribution in [3.05, 3.63) is 92.9 Å². The minimum Gasteiger partial charge on any atom is -0.320 e. The fourth-order valence-corrected chi connectivity index (χ4v) is 4.02. The highest BCUT2D eigenvalue weighted by Gasteiger charge is 2.18. The number of thioether (sulfide) groups is 1. The van der Waals surface area contributed by atoms with Gasteiger partial charge in [-0.3, -0.25) is 19.6 Å². The van der Waals surface area contributed by atoms with Crippen LogP contribution in [0.1, 0.15) is 32.7 Å². The van der Waals surface area contributed by atoms with Crippen LogP contribution in [0, 0.1) is 0 Å². The van der Waals surface area contributed by atoms with Gasteiger partial charge < -0.3 is 10.3 Å². The number of hydrogen-bond acceptors (Lipinski definition) is 7. The maximum atomic E-state index is 12.9. The van der Waals surface area contributed by atoms with Crippen molar-refractivity contribution in [1.82, 2.24) is 20.0 Å². The number of rotatable bonds is 8. The summed E-state index contributed by atoms with van der Waals surface area (Å²) in [6, 6.07) is 15.4. The molecule has 4 aromatic rings. The lowest BCUT2D eigenvalue weighted by Gasteiger charge is -2.16. The zero-order valence-corrected chi connectivity index (χ0v) is 20.8. The number of aromatic nitrogens is 3. The van der Waals surface area contributed by atoms with Crippen molar-refractivity contribution in [2.75, 3.05) is 18.1 Å². The van der Waals surface area contributed by atoms with Gasteiger partial charge >= 0.3 is 0 Å². The Bertz CT molecular complexity index is 1480. The Morgan fingerprint density at radius 1 is 1.17 bits per heavy atom. The zero-order valence-electron chi connectivity index (χ0n) is 19.2. The molecule has 0 unspecified atom stereocenters. The average molecular weight is 524 g/mol. The van der Waals surface area contributed by atoms with Crippen LogP contribution < -0.4 is 10.9 Å². The molecule has 0 atom stereocenters. The molecule has 2 aromatic carbocycles. The topological polar surface area (TPSA) is 128 Å². The quantitative estimate of drug-likeness (QED) is 0.135. The molecule has 2 heterocycles. The summed E-state index contributed by atoms with van der Waals surface area (Å²) in [5, 5.41) is 14.6. The number of H-pyrrole nitrogens is 1. The van der Waals surface area contributed by atoms with Gasteiger partial charge in [0.25, 0.3) is 17.4 Å². The van der Waals surface area contributed by atoms with Crippen LogP contribution in [0.3, 0.4) is 0 Å². The Hall–Kier alpha value is -3.73. The van der Waals surface area contributed by atoms with Gasteiger partial charge in [0.2, 0.25) is 0 Å². The summed E-state index contributed by atoms with van der Waals surface area (Å²) in [5.74, 6) is -1.36. The summed E-state index contributed by atoms with van der Waals surface area (Å²) in [4.78, 5) is 49.0. The molecular weight excluding hydrogens is 502 g/mol. The van der Waals surface area contributed by atoms with Crippen molar-refractivity contribution >= 4 is 51.9 Å². The molecule has 0 saturated heterocycles. The van der Waals surface area contributed by atoms with Gasteiger partial charge in [-0.25, -0.2) is 15.0 Å². The number of aromatic amines is 1. The molecule has 0 aliphatic heterocycles. The Labute approximate surface area is 215 Å². The van der Waals surface area contributed by atoms with E-state index in [2.05, 4.69) is 20.3 Å². The molecule has 0 saturated carbocycles. The molecular formula is C25H22ClN5O4S. The van der Waals surface area contributed by atoms with E-state index in [1.165, 1.54) is 42.2 Å². The Morgan fingerprint density at radius 2 is 1.94 bits per heavy atom. The number of amides is 2. The fraction of sp³-hybridized carbons (Fsp3) is 0.160. The van der Waals surface area contributed by atoms with Gasteiger partial charge in [-0.2, -0.15) is 0 Å². The maximum absolute atomic E-state index is 12.9. The summed E-state index contributed by atoms with van der Waals surface area (Å²) in [7, 11) is 0. The number of pyridine rings is 1. The molecule has 0 aliphatic rings. The van der Waals surface area contributed by atoms with Crippen molar-refractivity contribution in [2.45, 2.75) is 18.0 Å². The van der Waals surface area contributed by atoms with Gasteiger partial charge in [0.05, 0.1) is 10.7 Å². The van der Waals surface area contributed by atoms with E-state index in [0.29, 0.717) is 34.1 Å². The van der Waals surface area contributed by atoms with Gasteiger partial charge in [0, 0.05) is 23.7 Å². The number of anilines is 1. The Balaban J connectivity index is 1.47. The lowest BCUT2D eigenvalue weighted by atomic mass is 10.1. The van der Waals surface area contributed by atoms with Gasteiger partial charge in [0.15, 0.2) is 5.16 Å². The highest BCUT2D eigenvalue weighted by atomic mass is 35.5. The van der Waals surface area contributed by atoms with Crippen LogP contribution in [-0.2, 0) is 6.42 Å². The van der Waals surface area contributed by atoms with E-state index in [1.54, 1.807) is 0 Å². The second-order valence-electron chi connectivity index (χ2n) is 7.84. The third-order valence-electron chi connectivity index (χ3n) is 5.37. The van der Waals surface area contributed by atoms with Crippen LogP contribution in [-0.4, -0.2) is 49.8 Å². The fourth-order valence-electron chi connectivity index (χ4n) is 3.52. The number of carbonyl (C=O) groups is 2. The van der Waals surface area contributed by atoms with Crippen LogP contribution in [0.5, 0.6) is 0 Å². The minimum atomic E-state index is -0.720. The van der Waals surface area contributed by atoms with Crippen molar-refractivity contribution in [2.24, 2.45) is 0 Å². The summed E-state index contributed by atoms with van der Waals surface area (Å²) in [6.07, 6.45) is 4.60. The van der Waals surface area contributed by atoms with Crippen molar-refractivity contribution < 1.29 is 14.8 Å². The number of benzene rings is 2. The molecule has 2 aromatic heterocycles. The van der Waals surface area contributed by atoms with Gasteiger partial charge in [-0.05, 0) is 48.9 Å².